The van der Waals surface area contributed by atoms with E-state index in [1.807, 2.05) is 0 Å². The number of nitrogens with one attached hydrogen (secondary N) is 1. The first kappa shape index (κ1) is 20.6. The topological polar surface area (TPSA) is 68.0 Å². The Morgan fingerprint density at radius 1 is 1.38 bits per heavy atom. The van der Waals surface area contributed by atoms with Crippen LogP contribution in [0, 0.1) is 0 Å². The quantitative estimate of drug-likeness (QED) is 0.854. The standard InChI is InChI=1S/C14H23N3OS.2ClH/c1-2-12-17-11(10-19-12)6-9-16-13(18)14(15)7-4-3-5-8-14;;/h10H,2-9,15H2,1H3,(H,16,18);2*1H. The maximum absolute atomic E-state index is 12.1. The Morgan fingerprint density at radius 3 is 2.62 bits per heavy atom. The molecule has 21 heavy (non-hydrogen) atoms. The van der Waals surface area contributed by atoms with Gasteiger partial charge in [-0.15, -0.1) is 36.2 Å². The van der Waals surface area contributed by atoms with Crippen molar-refractivity contribution in [1.82, 2.24) is 10.3 Å². The Hall–Kier alpha value is -0.360. The van der Waals surface area contributed by atoms with Crippen molar-refractivity contribution in [3.05, 3.63) is 16.1 Å². The van der Waals surface area contributed by atoms with E-state index >= 15 is 0 Å². The highest BCUT2D eigenvalue weighted by Crippen LogP contribution is 2.25. The van der Waals surface area contributed by atoms with Gasteiger partial charge in [0.2, 0.25) is 5.91 Å². The highest BCUT2D eigenvalue weighted by Gasteiger charge is 2.34. The van der Waals surface area contributed by atoms with Gasteiger partial charge in [-0.05, 0) is 19.3 Å². The third-order valence-corrected chi connectivity index (χ3v) is 4.81. The number of aryl methyl sites for hydroxylation is 1. The van der Waals surface area contributed by atoms with Crippen molar-refractivity contribution >= 4 is 42.1 Å². The average Bonchev–Trinajstić information content (AvgIpc) is 2.87. The number of thiazole rings is 1. The Bertz CT molecular complexity index is 434. The molecule has 1 heterocycles. The van der Waals surface area contributed by atoms with E-state index in [4.69, 9.17) is 5.73 Å². The van der Waals surface area contributed by atoms with Crippen LogP contribution in [-0.4, -0.2) is 23.0 Å². The number of halogens is 2. The molecule has 122 valence electrons. The van der Waals surface area contributed by atoms with Crippen LogP contribution in [0.5, 0.6) is 0 Å². The summed E-state index contributed by atoms with van der Waals surface area (Å²) in [5, 5.41) is 6.20. The van der Waals surface area contributed by atoms with Gasteiger partial charge in [-0.3, -0.25) is 4.79 Å². The van der Waals surface area contributed by atoms with Gasteiger partial charge in [-0.2, -0.15) is 0 Å². The van der Waals surface area contributed by atoms with Crippen molar-refractivity contribution in [3.8, 4) is 0 Å². The lowest BCUT2D eigenvalue weighted by molar-refractivity contribution is -0.127. The molecule has 1 amide bonds. The SMILES string of the molecule is CCc1nc(CCNC(=O)C2(N)CCCCC2)cs1.Cl.Cl. The summed E-state index contributed by atoms with van der Waals surface area (Å²) < 4.78 is 0. The molecule has 1 aromatic heterocycles. The summed E-state index contributed by atoms with van der Waals surface area (Å²) in [5.74, 6) is 0.0122. The van der Waals surface area contributed by atoms with Crippen molar-refractivity contribution in [2.45, 2.75) is 57.4 Å². The summed E-state index contributed by atoms with van der Waals surface area (Å²) in [6.07, 6.45) is 6.73. The second-order valence-corrected chi connectivity index (χ2v) is 6.25. The van der Waals surface area contributed by atoms with E-state index in [0.717, 1.165) is 49.2 Å². The molecule has 2 rings (SSSR count). The lowest BCUT2D eigenvalue weighted by Crippen LogP contribution is -2.55. The van der Waals surface area contributed by atoms with Gasteiger partial charge in [0.1, 0.15) is 0 Å². The molecular weight excluding hydrogens is 329 g/mol. The average molecular weight is 354 g/mol. The Labute approximate surface area is 143 Å². The summed E-state index contributed by atoms with van der Waals surface area (Å²) in [5.41, 5.74) is 6.62. The van der Waals surface area contributed by atoms with E-state index in [0.29, 0.717) is 6.54 Å². The van der Waals surface area contributed by atoms with Crippen LogP contribution in [0.25, 0.3) is 0 Å². The highest BCUT2D eigenvalue weighted by atomic mass is 35.5. The molecule has 1 saturated carbocycles. The van der Waals surface area contributed by atoms with Gasteiger partial charge in [-0.25, -0.2) is 4.98 Å². The predicted molar refractivity (Wildman–Crippen MR) is 92.7 cm³/mol. The molecule has 0 atom stereocenters. The Kier molecular flexibility index (Phi) is 9.45. The number of rotatable bonds is 5. The number of nitrogens with zero attached hydrogens (tertiary/aromatic N) is 1. The second kappa shape index (κ2) is 9.62. The first-order chi connectivity index (χ1) is 9.14. The molecule has 0 radical (unpaired) electrons. The van der Waals surface area contributed by atoms with E-state index in [-0.39, 0.29) is 30.7 Å². The normalized spacial score (nSPS) is 16.5. The molecule has 0 spiro atoms. The molecule has 0 unspecified atom stereocenters. The van der Waals surface area contributed by atoms with E-state index in [1.54, 1.807) is 11.3 Å². The van der Waals surface area contributed by atoms with Gasteiger partial charge in [0.05, 0.1) is 16.2 Å². The van der Waals surface area contributed by atoms with Crippen molar-refractivity contribution in [3.63, 3.8) is 0 Å². The van der Waals surface area contributed by atoms with Crippen molar-refractivity contribution in [2.75, 3.05) is 6.54 Å². The largest absolute Gasteiger partial charge is 0.354 e. The van der Waals surface area contributed by atoms with Crippen LogP contribution in [0.1, 0.15) is 49.7 Å². The molecule has 0 aromatic carbocycles. The summed E-state index contributed by atoms with van der Waals surface area (Å²) >= 11 is 1.69. The highest BCUT2D eigenvalue weighted by molar-refractivity contribution is 7.09. The zero-order valence-electron chi connectivity index (χ0n) is 12.4. The number of hydrogen-bond donors (Lipinski definition) is 2. The monoisotopic (exact) mass is 353 g/mol. The van der Waals surface area contributed by atoms with Crippen LogP contribution < -0.4 is 11.1 Å². The maximum Gasteiger partial charge on any atom is 0.240 e. The molecular formula is C14H25Cl2N3OS. The molecule has 1 fully saturated rings. The fraction of sp³-hybridized carbons (Fsp3) is 0.714. The minimum absolute atomic E-state index is 0. The number of amides is 1. The number of carbonyl (C=O) groups is 1. The fourth-order valence-corrected chi connectivity index (χ4v) is 3.30. The lowest BCUT2D eigenvalue weighted by atomic mass is 9.82. The Balaban J connectivity index is 0.00000200. The second-order valence-electron chi connectivity index (χ2n) is 5.31. The maximum atomic E-state index is 12.1. The molecule has 1 aliphatic rings. The number of carbonyl (C=O) groups excluding carboxylic acids is 1. The van der Waals surface area contributed by atoms with Crippen molar-refractivity contribution in [1.29, 1.82) is 0 Å². The van der Waals surface area contributed by atoms with E-state index in [9.17, 15) is 4.79 Å². The number of hydrogen-bond acceptors (Lipinski definition) is 4. The molecule has 0 aliphatic heterocycles. The van der Waals surface area contributed by atoms with Gasteiger partial charge in [0.15, 0.2) is 0 Å². The third kappa shape index (κ3) is 5.74. The number of aromatic nitrogens is 1. The van der Waals surface area contributed by atoms with E-state index in [1.165, 1.54) is 6.42 Å². The van der Waals surface area contributed by atoms with Crippen LogP contribution in [0.4, 0.5) is 0 Å². The molecule has 4 nitrogen and oxygen atoms in total. The van der Waals surface area contributed by atoms with E-state index < -0.39 is 5.54 Å². The van der Waals surface area contributed by atoms with Crippen molar-refractivity contribution < 1.29 is 4.79 Å². The zero-order chi connectivity index (χ0) is 13.7. The molecule has 0 saturated heterocycles. The molecule has 1 aliphatic carbocycles. The minimum atomic E-state index is -0.630. The van der Waals surface area contributed by atoms with Gasteiger partial charge >= 0.3 is 0 Å². The first-order valence-electron chi connectivity index (χ1n) is 7.14. The summed E-state index contributed by atoms with van der Waals surface area (Å²) in [7, 11) is 0. The smallest absolute Gasteiger partial charge is 0.240 e. The van der Waals surface area contributed by atoms with Gasteiger partial charge in [0.25, 0.3) is 0 Å². The van der Waals surface area contributed by atoms with Crippen LogP contribution in [-0.2, 0) is 17.6 Å². The summed E-state index contributed by atoms with van der Waals surface area (Å²) in [4.78, 5) is 16.6. The number of nitrogens with two attached hydrogens (primary N) is 1. The van der Waals surface area contributed by atoms with Crippen LogP contribution in [0.2, 0.25) is 0 Å². The summed E-state index contributed by atoms with van der Waals surface area (Å²) in [6.45, 7) is 2.73. The molecule has 1 aromatic rings. The van der Waals surface area contributed by atoms with Crippen LogP contribution in [0.3, 0.4) is 0 Å². The molecule has 7 heteroatoms. The van der Waals surface area contributed by atoms with Gasteiger partial charge in [-0.1, -0.05) is 26.2 Å². The predicted octanol–water partition coefficient (Wildman–Crippen LogP) is 2.87. The zero-order valence-corrected chi connectivity index (χ0v) is 14.8. The fourth-order valence-electron chi connectivity index (χ4n) is 2.52. The third-order valence-electron chi connectivity index (χ3n) is 3.77. The minimum Gasteiger partial charge on any atom is -0.354 e. The Morgan fingerprint density at radius 2 is 2.05 bits per heavy atom. The van der Waals surface area contributed by atoms with E-state index in [2.05, 4.69) is 22.6 Å². The van der Waals surface area contributed by atoms with Crippen LogP contribution >= 0.6 is 36.2 Å². The molecule has 3 N–H and O–H groups in total. The van der Waals surface area contributed by atoms with Gasteiger partial charge < -0.3 is 11.1 Å². The molecule has 0 bridgehead atoms. The lowest BCUT2D eigenvalue weighted by Gasteiger charge is -2.31. The first-order valence-corrected chi connectivity index (χ1v) is 8.02. The van der Waals surface area contributed by atoms with Gasteiger partial charge in [0, 0.05) is 18.3 Å². The van der Waals surface area contributed by atoms with Crippen LogP contribution in [0.15, 0.2) is 5.38 Å². The van der Waals surface area contributed by atoms with Crippen molar-refractivity contribution in [2.24, 2.45) is 5.73 Å². The summed E-state index contributed by atoms with van der Waals surface area (Å²) in [6, 6.07) is 0.